The monoisotopic (exact) mass is 479 g/mol. The van der Waals surface area contributed by atoms with Gasteiger partial charge in [-0.15, -0.1) is 0 Å². The maximum atomic E-state index is 13.3. The first kappa shape index (κ1) is 23.5. The first-order valence-corrected chi connectivity index (χ1v) is 12.2. The standard InChI is InChI=1S/C25H25N3O5S/c1-16-8-12-22(33-2)21(14-16)27-25(30)24(17-6-4-3-5-7-17)28-34(31,32)19-10-11-20-18(15-19)9-13-23(29)26-20/h3-8,10-12,14-15,24,28H,9,13H2,1-2H3,(H,26,29)(H,27,30). The minimum Gasteiger partial charge on any atom is -0.495 e. The van der Waals surface area contributed by atoms with Gasteiger partial charge in [-0.05, 0) is 60.4 Å². The normalized spacial score (nSPS) is 14.0. The van der Waals surface area contributed by atoms with Crippen LogP contribution in [0.1, 0.15) is 29.2 Å². The van der Waals surface area contributed by atoms with Crippen LogP contribution in [0.2, 0.25) is 0 Å². The summed E-state index contributed by atoms with van der Waals surface area (Å²) in [5.74, 6) is -0.192. The summed E-state index contributed by atoms with van der Waals surface area (Å²) < 4.78 is 34.5. The lowest BCUT2D eigenvalue weighted by atomic mass is 10.0. The van der Waals surface area contributed by atoms with Crippen LogP contribution >= 0.6 is 0 Å². The highest BCUT2D eigenvalue weighted by molar-refractivity contribution is 7.89. The number of nitrogens with one attached hydrogen (secondary N) is 3. The van der Waals surface area contributed by atoms with Gasteiger partial charge in [0.1, 0.15) is 11.8 Å². The lowest BCUT2D eigenvalue weighted by Gasteiger charge is -2.21. The van der Waals surface area contributed by atoms with Gasteiger partial charge in [0.15, 0.2) is 0 Å². The van der Waals surface area contributed by atoms with E-state index in [2.05, 4.69) is 15.4 Å². The van der Waals surface area contributed by atoms with Crippen molar-refractivity contribution >= 4 is 33.2 Å². The second-order valence-electron chi connectivity index (χ2n) is 8.03. The van der Waals surface area contributed by atoms with Crippen molar-refractivity contribution < 1.29 is 22.7 Å². The zero-order valence-corrected chi connectivity index (χ0v) is 19.6. The molecule has 3 aromatic rings. The molecule has 0 aromatic heterocycles. The third-order valence-electron chi connectivity index (χ3n) is 5.56. The van der Waals surface area contributed by atoms with E-state index in [9.17, 15) is 18.0 Å². The quantitative estimate of drug-likeness (QED) is 0.480. The van der Waals surface area contributed by atoms with Crippen molar-refractivity contribution in [3.05, 3.63) is 83.4 Å². The maximum Gasteiger partial charge on any atom is 0.247 e. The van der Waals surface area contributed by atoms with Gasteiger partial charge in [0.25, 0.3) is 0 Å². The molecule has 0 bridgehead atoms. The summed E-state index contributed by atoms with van der Waals surface area (Å²) in [6, 6.07) is 17.3. The van der Waals surface area contributed by atoms with E-state index in [0.717, 1.165) is 11.1 Å². The molecule has 0 aliphatic carbocycles. The number of methoxy groups -OCH3 is 1. The summed E-state index contributed by atoms with van der Waals surface area (Å²) in [4.78, 5) is 25.0. The fourth-order valence-electron chi connectivity index (χ4n) is 3.79. The summed E-state index contributed by atoms with van der Waals surface area (Å²) in [7, 11) is -2.57. The third kappa shape index (κ3) is 5.11. The molecule has 176 valence electrons. The highest BCUT2D eigenvalue weighted by Gasteiger charge is 2.29. The van der Waals surface area contributed by atoms with E-state index < -0.39 is 22.0 Å². The molecule has 0 radical (unpaired) electrons. The Hall–Kier alpha value is -3.69. The Labute approximate surface area is 198 Å². The molecule has 0 spiro atoms. The van der Waals surface area contributed by atoms with E-state index in [1.165, 1.54) is 19.2 Å². The molecule has 3 N–H and O–H groups in total. The molecule has 9 heteroatoms. The lowest BCUT2D eigenvalue weighted by Crippen LogP contribution is -2.37. The average Bonchev–Trinajstić information content (AvgIpc) is 2.83. The van der Waals surface area contributed by atoms with Gasteiger partial charge < -0.3 is 15.4 Å². The van der Waals surface area contributed by atoms with Crippen LogP contribution in [0.15, 0.2) is 71.6 Å². The van der Waals surface area contributed by atoms with Crippen LogP contribution in [-0.2, 0) is 26.0 Å². The lowest BCUT2D eigenvalue weighted by molar-refractivity contribution is -0.118. The number of carbonyl (C=O) groups excluding carboxylic acids is 2. The van der Waals surface area contributed by atoms with Crippen molar-refractivity contribution in [2.24, 2.45) is 0 Å². The van der Waals surface area contributed by atoms with Crippen LogP contribution in [0, 0.1) is 6.92 Å². The van der Waals surface area contributed by atoms with Gasteiger partial charge in [-0.1, -0.05) is 36.4 Å². The molecule has 8 nitrogen and oxygen atoms in total. The fraction of sp³-hybridized carbons (Fsp3) is 0.200. The molecule has 34 heavy (non-hydrogen) atoms. The number of anilines is 2. The van der Waals surface area contributed by atoms with Gasteiger partial charge >= 0.3 is 0 Å². The molecule has 3 aromatic carbocycles. The highest BCUT2D eigenvalue weighted by atomic mass is 32.2. The molecular formula is C25H25N3O5S. The molecule has 4 rings (SSSR count). The molecule has 1 heterocycles. The molecule has 1 aliphatic rings. The van der Waals surface area contributed by atoms with Crippen molar-refractivity contribution in [2.75, 3.05) is 17.7 Å². The predicted octanol–water partition coefficient (Wildman–Crippen LogP) is 3.55. The van der Waals surface area contributed by atoms with Crippen LogP contribution in [-0.4, -0.2) is 27.3 Å². The van der Waals surface area contributed by atoms with E-state index in [-0.39, 0.29) is 17.2 Å². The molecule has 1 aliphatic heterocycles. The van der Waals surface area contributed by atoms with Gasteiger partial charge in [0, 0.05) is 12.1 Å². The Balaban J connectivity index is 1.65. The zero-order chi connectivity index (χ0) is 24.3. The molecule has 0 saturated carbocycles. The number of hydrogen-bond donors (Lipinski definition) is 3. The number of carbonyl (C=O) groups is 2. The number of amides is 2. The third-order valence-corrected chi connectivity index (χ3v) is 6.98. The Morgan fingerprint density at radius 3 is 2.53 bits per heavy atom. The van der Waals surface area contributed by atoms with Crippen molar-refractivity contribution in [1.82, 2.24) is 4.72 Å². The SMILES string of the molecule is COc1ccc(C)cc1NC(=O)C(NS(=O)(=O)c1ccc2c(c1)CCC(=O)N2)c1ccccc1. The van der Waals surface area contributed by atoms with Crippen LogP contribution < -0.4 is 20.1 Å². The van der Waals surface area contributed by atoms with Gasteiger partial charge in [0.2, 0.25) is 21.8 Å². The molecule has 2 amide bonds. The number of aryl methyl sites for hydroxylation is 2. The number of benzene rings is 3. The summed E-state index contributed by atoms with van der Waals surface area (Å²) in [6.07, 6.45) is 0.734. The Kier molecular flexibility index (Phi) is 6.67. The van der Waals surface area contributed by atoms with Gasteiger partial charge in [-0.2, -0.15) is 4.72 Å². The Morgan fingerprint density at radius 2 is 1.79 bits per heavy atom. The summed E-state index contributed by atoms with van der Waals surface area (Å²) in [5.41, 5.74) is 3.17. The zero-order valence-electron chi connectivity index (χ0n) is 18.8. The fourth-order valence-corrected chi connectivity index (χ4v) is 5.03. The van der Waals surface area contributed by atoms with Crippen molar-refractivity contribution in [1.29, 1.82) is 0 Å². The Morgan fingerprint density at radius 1 is 1.03 bits per heavy atom. The van der Waals surface area contributed by atoms with Crippen LogP contribution in [0.4, 0.5) is 11.4 Å². The highest BCUT2D eigenvalue weighted by Crippen LogP contribution is 2.29. The van der Waals surface area contributed by atoms with E-state index in [0.29, 0.717) is 29.1 Å². The van der Waals surface area contributed by atoms with Gasteiger partial charge in [-0.25, -0.2) is 8.42 Å². The van der Waals surface area contributed by atoms with Gasteiger partial charge in [-0.3, -0.25) is 9.59 Å². The molecule has 1 atom stereocenters. The van der Waals surface area contributed by atoms with Crippen LogP contribution in [0.3, 0.4) is 0 Å². The summed E-state index contributed by atoms with van der Waals surface area (Å²) in [6.45, 7) is 1.88. The minimum absolute atomic E-state index is 0.0178. The smallest absolute Gasteiger partial charge is 0.247 e. The largest absolute Gasteiger partial charge is 0.495 e. The molecule has 0 fully saturated rings. The van der Waals surface area contributed by atoms with E-state index >= 15 is 0 Å². The number of fused-ring (bicyclic) bond motifs is 1. The topological polar surface area (TPSA) is 114 Å². The minimum atomic E-state index is -4.07. The van der Waals surface area contributed by atoms with Crippen molar-refractivity contribution in [3.63, 3.8) is 0 Å². The summed E-state index contributed by atoms with van der Waals surface area (Å²) >= 11 is 0. The van der Waals surface area contributed by atoms with E-state index in [4.69, 9.17) is 4.74 Å². The number of rotatable bonds is 7. The van der Waals surface area contributed by atoms with E-state index in [1.54, 1.807) is 48.5 Å². The van der Waals surface area contributed by atoms with E-state index in [1.807, 2.05) is 13.0 Å². The molecule has 1 unspecified atom stereocenters. The number of hydrogen-bond acceptors (Lipinski definition) is 5. The summed E-state index contributed by atoms with van der Waals surface area (Å²) in [5, 5.41) is 5.53. The first-order chi connectivity index (χ1) is 16.3. The molecule has 0 saturated heterocycles. The van der Waals surface area contributed by atoms with Crippen molar-refractivity contribution in [2.45, 2.75) is 30.7 Å². The predicted molar refractivity (Wildman–Crippen MR) is 129 cm³/mol. The Bertz CT molecular complexity index is 1340. The number of ether oxygens (including phenoxy) is 1. The number of sulfonamides is 1. The van der Waals surface area contributed by atoms with Gasteiger partial charge in [0.05, 0.1) is 17.7 Å². The first-order valence-electron chi connectivity index (χ1n) is 10.7. The second-order valence-corrected chi connectivity index (χ2v) is 9.74. The van der Waals surface area contributed by atoms with Crippen molar-refractivity contribution in [3.8, 4) is 5.75 Å². The van der Waals surface area contributed by atoms with Crippen LogP contribution in [0.5, 0.6) is 5.75 Å². The average molecular weight is 480 g/mol. The van der Waals surface area contributed by atoms with Crippen LogP contribution in [0.25, 0.3) is 0 Å². The maximum absolute atomic E-state index is 13.3. The molecular weight excluding hydrogens is 454 g/mol. The second kappa shape index (κ2) is 9.66.